The molecule has 0 spiro atoms. The lowest BCUT2D eigenvalue weighted by Crippen LogP contribution is -2.18. The van der Waals surface area contributed by atoms with Crippen LogP contribution in [0.2, 0.25) is 0 Å². The Bertz CT molecular complexity index is 438. The van der Waals surface area contributed by atoms with Gasteiger partial charge in [0.1, 0.15) is 0 Å². The van der Waals surface area contributed by atoms with Crippen molar-refractivity contribution in [2.24, 2.45) is 29.6 Å². The second kappa shape index (κ2) is 32.5. The van der Waals surface area contributed by atoms with E-state index in [4.69, 9.17) is 0 Å². The van der Waals surface area contributed by atoms with Crippen LogP contribution < -0.4 is 0 Å². The smallest absolute Gasteiger partial charge is 0.0352 e. The van der Waals surface area contributed by atoms with Gasteiger partial charge in [0, 0.05) is 0 Å². The molecule has 0 bridgehead atoms. The molecular weight excluding hydrogens is 540 g/mol. The van der Waals surface area contributed by atoms with Crippen LogP contribution in [0.15, 0.2) is 0 Å². The first-order valence-corrected chi connectivity index (χ1v) is 22.2. The van der Waals surface area contributed by atoms with Crippen LogP contribution in [0.4, 0.5) is 0 Å². The highest BCUT2D eigenvalue weighted by molar-refractivity contribution is 4.96. The average molecular weight is 631 g/mol. The van der Waals surface area contributed by atoms with E-state index in [0.29, 0.717) is 0 Å². The van der Waals surface area contributed by atoms with Crippen molar-refractivity contribution in [3.8, 4) is 0 Å². The van der Waals surface area contributed by atoms with E-state index in [1.165, 1.54) is 193 Å². The highest BCUT2D eigenvalue weighted by atomic mass is 14.5. The quantitative estimate of drug-likeness (QED) is 0.0611. The van der Waals surface area contributed by atoms with Crippen LogP contribution in [0.1, 0.15) is 259 Å². The standard InChI is InChI=1S/C45H90/c1-6-11-16-21-26-31-36-41-42(37-32-27-22-17-12-7-2)44(39-34-29-24-19-14-9-4)45(40-35-30-25-20-15-10-5)43(41)38-33-28-23-18-13-8-3/h41-45H,6-40H2,1-5H3. The molecule has 0 nitrogen and oxygen atoms in total. The minimum absolute atomic E-state index is 1.05. The van der Waals surface area contributed by atoms with Crippen molar-refractivity contribution in [1.82, 2.24) is 0 Å². The van der Waals surface area contributed by atoms with E-state index < -0.39 is 0 Å². The summed E-state index contributed by atoms with van der Waals surface area (Å²) in [4.78, 5) is 0. The third kappa shape index (κ3) is 21.6. The van der Waals surface area contributed by atoms with Gasteiger partial charge in [0.15, 0.2) is 0 Å². The molecule has 0 atom stereocenters. The van der Waals surface area contributed by atoms with E-state index in [1.807, 2.05) is 0 Å². The lowest BCUT2D eigenvalue weighted by Gasteiger charge is -2.28. The maximum absolute atomic E-state index is 2.37. The zero-order valence-electron chi connectivity index (χ0n) is 32.6. The van der Waals surface area contributed by atoms with Crippen LogP contribution in [0, 0.1) is 29.6 Å². The molecule has 0 heteroatoms. The fourth-order valence-corrected chi connectivity index (χ4v) is 9.53. The molecule has 1 saturated carbocycles. The summed E-state index contributed by atoms with van der Waals surface area (Å²) in [5.74, 6) is 5.27. The van der Waals surface area contributed by atoms with E-state index in [0.717, 1.165) is 29.6 Å². The van der Waals surface area contributed by atoms with Crippen LogP contribution in [0.5, 0.6) is 0 Å². The Morgan fingerprint density at radius 1 is 0.178 bits per heavy atom. The average Bonchev–Trinajstić information content (AvgIpc) is 3.32. The van der Waals surface area contributed by atoms with Gasteiger partial charge >= 0.3 is 0 Å². The number of rotatable bonds is 35. The molecule has 0 aromatic rings. The van der Waals surface area contributed by atoms with Crippen LogP contribution in [0.3, 0.4) is 0 Å². The molecule has 1 aliphatic carbocycles. The zero-order valence-corrected chi connectivity index (χ0v) is 32.6. The Morgan fingerprint density at radius 2 is 0.311 bits per heavy atom. The Hall–Kier alpha value is 0. The Morgan fingerprint density at radius 3 is 0.467 bits per heavy atom. The van der Waals surface area contributed by atoms with Gasteiger partial charge < -0.3 is 0 Å². The van der Waals surface area contributed by atoms with E-state index in [1.54, 1.807) is 32.1 Å². The molecule has 1 fully saturated rings. The Kier molecular flexibility index (Phi) is 31.1. The van der Waals surface area contributed by atoms with Gasteiger partial charge in [-0.1, -0.05) is 227 Å². The minimum Gasteiger partial charge on any atom is -0.0654 e. The van der Waals surface area contributed by atoms with Crippen LogP contribution >= 0.6 is 0 Å². The Labute approximate surface area is 288 Å². The van der Waals surface area contributed by atoms with Crippen LogP contribution in [0.25, 0.3) is 0 Å². The predicted octanol–water partition coefficient (Wildman–Crippen LogP) is 16.8. The predicted molar refractivity (Wildman–Crippen MR) is 207 cm³/mol. The zero-order chi connectivity index (χ0) is 32.6. The van der Waals surface area contributed by atoms with Crippen molar-refractivity contribution < 1.29 is 0 Å². The van der Waals surface area contributed by atoms with Crippen molar-refractivity contribution in [3.05, 3.63) is 0 Å². The van der Waals surface area contributed by atoms with E-state index in [2.05, 4.69) is 34.6 Å². The summed E-state index contributed by atoms with van der Waals surface area (Å²) < 4.78 is 0. The maximum Gasteiger partial charge on any atom is -0.0352 e. The van der Waals surface area contributed by atoms with Gasteiger partial charge in [0.25, 0.3) is 0 Å². The summed E-state index contributed by atoms with van der Waals surface area (Å²) in [6.45, 7) is 11.8. The van der Waals surface area contributed by atoms with E-state index in [9.17, 15) is 0 Å². The van der Waals surface area contributed by atoms with Crippen LogP contribution in [-0.2, 0) is 0 Å². The van der Waals surface area contributed by atoms with Gasteiger partial charge in [-0.2, -0.15) is 0 Å². The van der Waals surface area contributed by atoms with Gasteiger partial charge in [-0.05, 0) is 61.7 Å². The van der Waals surface area contributed by atoms with Crippen molar-refractivity contribution in [2.45, 2.75) is 259 Å². The molecule has 1 aliphatic rings. The molecule has 0 saturated heterocycles. The first kappa shape index (κ1) is 43.0. The molecule has 45 heavy (non-hydrogen) atoms. The van der Waals surface area contributed by atoms with Crippen LogP contribution in [-0.4, -0.2) is 0 Å². The second-order valence-electron chi connectivity index (χ2n) is 16.1. The van der Waals surface area contributed by atoms with E-state index in [-0.39, 0.29) is 0 Å². The van der Waals surface area contributed by atoms with Gasteiger partial charge in [-0.3, -0.25) is 0 Å². The molecule has 270 valence electrons. The van der Waals surface area contributed by atoms with Crippen molar-refractivity contribution >= 4 is 0 Å². The third-order valence-electron chi connectivity index (χ3n) is 12.2. The third-order valence-corrected chi connectivity index (χ3v) is 12.2. The van der Waals surface area contributed by atoms with E-state index >= 15 is 0 Å². The first-order valence-electron chi connectivity index (χ1n) is 22.2. The molecule has 0 unspecified atom stereocenters. The number of hydrogen-bond donors (Lipinski definition) is 0. The summed E-state index contributed by atoms with van der Waals surface area (Å²) in [5, 5.41) is 0. The molecule has 0 radical (unpaired) electrons. The number of unbranched alkanes of at least 4 members (excludes halogenated alkanes) is 25. The summed E-state index contributed by atoms with van der Waals surface area (Å²) in [5.41, 5.74) is 0. The van der Waals surface area contributed by atoms with Gasteiger partial charge in [0.2, 0.25) is 0 Å². The summed E-state index contributed by atoms with van der Waals surface area (Å²) in [6, 6.07) is 0. The summed E-state index contributed by atoms with van der Waals surface area (Å²) >= 11 is 0. The highest BCUT2D eigenvalue weighted by Gasteiger charge is 2.47. The minimum atomic E-state index is 1.05. The largest absolute Gasteiger partial charge is 0.0654 e. The summed E-state index contributed by atoms with van der Waals surface area (Å²) in [6.07, 6.45) is 52.1. The first-order chi connectivity index (χ1) is 22.2. The Balaban J connectivity index is 3.06. The highest BCUT2D eigenvalue weighted by Crippen LogP contribution is 2.55. The fourth-order valence-electron chi connectivity index (χ4n) is 9.53. The molecule has 0 heterocycles. The maximum atomic E-state index is 2.37. The van der Waals surface area contributed by atoms with Crippen molar-refractivity contribution in [1.29, 1.82) is 0 Å². The molecule has 0 amide bonds. The van der Waals surface area contributed by atoms with Crippen molar-refractivity contribution in [2.75, 3.05) is 0 Å². The number of hydrogen-bond acceptors (Lipinski definition) is 0. The lowest BCUT2D eigenvalue weighted by atomic mass is 9.78. The molecule has 0 aromatic carbocycles. The lowest BCUT2D eigenvalue weighted by molar-refractivity contribution is 0.224. The summed E-state index contributed by atoms with van der Waals surface area (Å²) in [7, 11) is 0. The van der Waals surface area contributed by atoms with Gasteiger partial charge in [-0.25, -0.2) is 0 Å². The molecule has 0 N–H and O–H groups in total. The molecule has 0 aliphatic heterocycles. The van der Waals surface area contributed by atoms with Gasteiger partial charge in [-0.15, -0.1) is 0 Å². The monoisotopic (exact) mass is 631 g/mol. The molecule has 1 rings (SSSR count). The molecular formula is C45H90. The second-order valence-corrected chi connectivity index (χ2v) is 16.1. The topological polar surface area (TPSA) is 0 Å². The SMILES string of the molecule is CCCCCCCCC1C(CCCCCCCC)C(CCCCCCCC)C(CCCCCCCC)C1CCCCCCCC. The molecule has 0 aromatic heterocycles. The van der Waals surface area contributed by atoms with Crippen molar-refractivity contribution in [3.63, 3.8) is 0 Å². The fraction of sp³-hybridized carbons (Fsp3) is 1.00. The van der Waals surface area contributed by atoms with Gasteiger partial charge in [0.05, 0.1) is 0 Å². The normalized spacial score (nSPS) is 21.7.